The van der Waals surface area contributed by atoms with E-state index in [4.69, 9.17) is 5.73 Å². The zero-order valence-corrected chi connectivity index (χ0v) is 9.73. The summed E-state index contributed by atoms with van der Waals surface area (Å²) >= 11 is 0. The number of nitrogens with zero attached hydrogens (tertiary/aromatic N) is 1. The van der Waals surface area contributed by atoms with Crippen LogP contribution in [0.2, 0.25) is 0 Å². The molecule has 1 aromatic heterocycles. The molecule has 0 radical (unpaired) electrons. The smallest absolute Gasteiger partial charge is 0.149 e. The molecule has 0 fully saturated rings. The molecule has 2 rings (SSSR count). The van der Waals surface area contributed by atoms with Crippen LogP contribution in [0.15, 0.2) is 42.7 Å². The van der Waals surface area contributed by atoms with Gasteiger partial charge in [-0.3, -0.25) is 4.98 Å². The summed E-state index contributed by atoms with van der Waals surface area (Å²) in [5.41, 5.74) is 8.33. The van der Waals surface area contributed by atoms with E-state index in [1.54, 1.807) is 12.3 Å². The Morgan fingerprint density at radius 3 is 2.53 bits per heavy atom. The highest BCUT2D eigenvalue weighted by atomic mass is 19.1. The fourth-order valence-corrected chi connectivity index (χ4v) is 1.80. The first-order valence-electron chi connectivity index (χ1n) is 5.61. The molecule has 0 saturated carbocycles. The van der Waals surface area contributed by atoms with Gasteiger partial charge < -0.3 is 5.73 Å². The van der Waals surface area contributed by atoms with Crippen molar-refractivity contribution in [2.45, 2.75) is 19.4 Å². The van der Waals surface area contributed by atoms with Crippen molar-refractivity contribution in [1.82, 2.24) is 4.98 Å². The second-order valence-electron chi connectivity index (χ2n) is 4.23. The highest BCUT2D eigenvalue weighted by molar-refractivity contribution is 5.63. The van der Waals surface area contributed by atoms with Crippen LogP contribution in [-0.4, -0.2) is 11.0 Å². The van der Waals surface area contributed by atoms with Crippen molar-refractivity contribution in [3.63, 3.8) is 0 Å². The van der Waals surface area contributed by atoms with Crippen molar-refractivity contribution in [2.24, 2.45) is 5.73 Å². The average molecular weight is 230 g/mol. The molecule has 1 unspecified atom stereocenters. The highest BCUT2D eigenvalue weighted by Gasteiger charge is 2.04. The van der Waals surface area contributed by atoms with Crippen molar-refractivity contribution >= 4 is 0 Å². The van der Waals surface area contributed by atoms with Crippen molar-refractivity contribution in [1.29, 1.82) is 0 Å². The molecule has 2 nitrogen and oxygen atoms in total. The zero-order chi connectivity index (χ0) is 12.3. The molecule has 3 heteroatoms. The topological polar surface area (TPSA) is 38.9 Å². The molecule has 0 amide bonds. The summed E-state index contributed by atoms with van der Waals surface area (Å²) in [6.45, 7) is 1.97. The molecule has 1 atom stereocenters. The molecular weight excluding hydrogens is 215 g/mol. The summed E-state index contributed by atoms with van der Waals surface area (Å²) in [7, 11) is 0. The van der Waals surface area contributed by atoms with E-state index < -0.39 is 0 Å². The molecule has 0 bridgehead atoms. The quantitative estimate of drug-likeness (QED) is 0.880. The van der Waals surface area contributed by atoms with Gasteiger partial charge in [-0.15, -0.1) is 0 Å². The predicted octanol–water partition coefficient (Wildman–Crippen LogP) is 2.78. The molecule has 1 heterocycles. The monoisotopic (exact) mass is 230 g/mol. The van der Waals surface area contributed by atoms with Crippen LogP contribution in [0.4, 0.5) is 4.39 Å². The van der Waals surface area contributed by atoms with Crippen LogP contribution in [-0.2, 0) is 6.42 Å². The van der Waals surface area contributed by atoms with Crippen LogP contribution in [0, 0.1) is 5.82 Å². The molecule has 0 spiro atoms. The van der Waals surface area contributed by atoms with Gasteiger partial charge in [-0.25, -0.2) is 4.39 Å². The Labute approximate surface area is 100 Å². The summed E-state index contributed by atoms with van der Waals surface area (Å²) < 4.78 is 13.5. The third-order valence-electron chi connectivity index (χ3n) is 2.60. The van der Waals surface area contributed by atoms with Crippen LogP contribution in [0.1, 0.15) is 12.5 Å². The van der Waals surface area contributed by atoms with Gasteiger partial charge in [0.25, 0.3) is 0 Å². The van der Waals surface area contributed by atoms with Gasteiger partial charge >= 0.3 is 0 Å². The number of aromatic nitrogens is 1. The number of halogens is 1. The fourth-order valence-electron chi connectivity index (χ4n) is 1.80. The standard InChI is InChI=1S/C14H15FN2/c1-10(16)8-11-2-4-12(5-3-11)13-6-7-17-9-14(13)15/h2-7,9-10H,8,16H2,1H3. The third-order valence-corrected chi connectivity index (χ3v) is 2.60. The van der Waals surface area contributed by atoms with Crippen molar-refractivity contribution in [3.05, 3.63) is 54.1 Å². The maximum absolute atomic E-state index is 13.5. The van der Waals surface area contributed by atoms with Crippen LogP contribution in [0.5, 0.6) is 0 Å². The molecule has 17 heavy (non-hydrogen) atoms. The van der Waals surface area contributed by atoms with E-state index >= 15 is 0 Å². The van der Waals surface area contributed by atoms with Crippen LogP contribution < -0.4 is 5.73 Å². The largest absolute Gasteiger partial charge is 0.328 e. The summed E-state index contributed by atoms with van der Waals surface area (Å²) in [5, 5.41) is 0. The average Bonchev–Trinajstić information content (AvgIpc) is 2.30. The normalized spacial score (nSPS) is 12.4. The summed E-state index contributed by atoms with van der Waals surface area (Å²) in [6, 6.07) is 9.61. The van der Waals surface area contributed by atoms with E-state index in [9.17, 15) is 4.39 Å². The lowest BCUT2D eigenvalue weighted by Crippen LogP contribution is -2.17. The van der Waals surface area contributed by atoms with Crippen molar-refractivity contribution in [3.8, 4) is 11.1 Å². The summed E-state index contributed by atoms with van der Waals surface area (Å²) in [4.78, 5) is 3.74. The minimum absolute atomic E-state index is 0.138. The second kappa shape index (κ2) is 5.06. The molecule has 2 N–H and O–H groups in total. The number of benzene rings is 1. The first-order valence-corrected chi connectivity index (χ1v) is 5.61. The molecule has 2 aromatic rings. The molecule has 0 aliphatic carbocycles. The van der Waals surface area contributed by atoms with Crippen LogP contribution in [0.25, 0.3) is 11.1 Å². The maximum atomic E-state index is 13.5. The lowest BCUT2D eigenvalue weighted by atomic mass is 10.0. The predicted molar refractivity (Wildman–Crippen MR) is 67.0 cm³/mol. The first kappa shape index (κ1) is 11.7. The Hall–Kier alpha value is -1.74. The number of nitrogens with two attached hydrogens (primary N) is 1. The number of hydrogen-bond donors (Lipinski definition) is 1. The Morgan fingerprint density at radius 1 is 1.24 bits per heavy atom. The molecular formula is C14H15FN2. The minimum atomic E-state index is -0.299. The van der Waals surface area contributed by atoms with Gasteiger partial charge in [0.1, 0.15) is 5.82 Å². The molecule has 1 aromatic carbocycles. The maximum Gasteiger partial charge on any atom is 0.149 e. The number of pyridine rings is 1. The van der Waals surface area contributed by atoms with Gasteiger partial charge in [-0.2, -0.15) is 0 Å². The molecule has 0 saturated heterocycles. The molecule has 88 valence electrons. The lowest BCUT2D eigenvalue weighted by Gasteiger charge is -2.07. The van der Waals surface area contributed by atoms with E-state index in [1.165, 1.54) is 11.8 Å². The van der Waals surface area contributed by atoms with Gasteiger partial charge in [-0.05, 0) is 30.5 Å². The number of hydrogen-bond acceptors (Lipinski definition) is 2. The SMILES string of the molecule is CC(N)Cc1ccc(-c2ccncc2F)cc1. The van der Waals surface area contributed by atoms with Gasteiger partial charge in [0.2, 0.25) is 0 Å². The van der Waals surface area contributed by atoms with Gasteiger partial charge in [-0.1, -0.05) is 24.3 Å². The van der Waals surface area contributed by atoms with Gasteiger partial charge in [0, 0.05) is 17.8 Å². The Kier molecular flexibility index (Phi) is 3.49. The lowest BCUT2D eigenvalue weighted by molar-refractivity contribution is 0.625. The Balaban J connectivity index is 2.27. The number of rotatable bonds is 3. The zero-order valence-electron chi connectivity index (χ0n) is 9.73. The van der Waals surface area contributed by atoms with Crippen LogP contribution >= 0.6 is 0 Å². The highest BCUT2D eigenvalue weighted by Crippen LogP contribution is 2.22. The first-order chi connectivity index (χ1) is 8.16. The van der Waals surface area contributed by atoms with Gasteiger partial charge in [0.05, 0.1) is 6.20 Å². The van der Waals surface area contributed by atoms with E-state index in [0.717, 1.165) is 12.0 Å². The Bertz CT molecular complexity index is 492. The molecule has 0 aliphatic heterocycles. The van der Waals surface area contributed by atoms with Crippen LogP contribution in [0.3, 0.4) is 0 Å². The van der Waals surface area contributed by atoms with Crippen molar-refractivity contribution in [2.75, 3.05) is 0 Å². The fraction of sp³-hybridized carbons (Fsp3) is 0.214. The van der Waals surface area contributed by atoms with Gasteiger partial charge in [0.15, 0.2) is 0 Å². The minimum Gasteiger partial charge on any atom is -0.328 e. The van der Waals surface area contributed by atoms with E-state index in [2.05, 4.69) is 4.98 Å². The van der Waals surface area contributed by atoms with Crippen molar-refractivity contribution < 1.29 is 4.39 Å². The van der Waals surface area contributed by atoms with E-state index in [-0.39, 0.29) is 11.9 Å². The van der Waals surface area contributed by atoms with E-state index in [1.807, 2.05) is 31.2 Å². The molecule has 0 aliphatic rings. The van der Waals surface area contributed by atoms with E-state index in [0.29, 0.717) is 5.56 Å². The summed E-state index contributed by atoms with van der Waals surface area (Å²) in [6.07, 6.45) is 3.65. The Morgan fingerprint density at radius 2 is 1.94 bits per heavy atom. The third kappa shape index (κ3) is 2.88. The summed E-state index contributed by atoms with van der Waals surface area (Å²) in [5.74, 6) is -0.299. The second-order valence-corrected chi connectivity index (χ2v) is 4.23.